The second-order valence-electron chi connectivity index (χ2n) is 13.6. The van der Waals surface area contributed by atoms with Gasteiger partial charge in [-0.15, -0.1) is 0 Å². The van der Waals surface area contributed by atoms with E-state index in [9.17, 15) is 14.4 Å². The fourth-order valence-corrected chi connectivity index (χ4v) is 7.15. The summed E-state index contributed by atoms with van der Waals surface area (Å²) in [6.45, 7) is 13.4. The zero-order valence-electron chi connectivity index (χ0n) is 26.6. The van der Waals surface area contributed by atoms with Crippen LogP contribution >= 0.6 is 0 Å². The summed E-state index contributed by atoms with van der Waals surface area (Å²) < 4.78 is 29.9. The van der Waals surface area contributed by atoms with Crippen LogP contribution in [-0.4, -0.2) is 95.9 Å². The molecule has 3 aliphatic heterocycles. The van der Waals surface area contributed by atoms with Gasteiger partial charge in [-0.05, 0) is 56.9 Å². The highest BCUT2D eigenvalue weighted by molar-refractivity contribution is 5.91. The van der Waals surface area contributed by atoms with Crippen molar-refractivity contribution in [1.82, 2.24) is 9.80 Å². The molecule has 2 aromatic carbocycles. The third-order valence-corrected chi connectivity index (χ3v) is 8.75. The van der Waals surface area contributed by atoms with Crippen molar-refractivity contribution < 1.29 is 38.1 Å². The number of rotatable bonds is 7. The number of benzene rings is 2. The number of nitrogens with zero attached hydrogens (tertiary/aromatic N) is 2. The predicted molar refractivity (Wildman–Crippen MR) is 165 cm³/mol. The lowest BCUT2D eigenvalue weighted by molar-refractivity contribution is -0.168. The molecule has 45 heavy (non-hydrogen) atoms. The average Bonchev–Trinajstić information content (AvgIpc) is 3.71. The lowest BCUT2D eigenvalue weighted by atomic mass is 9.98. The summed E-state index contributed by atoms with van der Waals surface area (Å²) in [4.78, 5) is 44.3. The van der Waals surface area contributed by atoms with Crippen LogP contribution < -0.4 is 0 Å². The number of amides is 2. The Morgan fingerprint density at radius 2 is 1.60 bits per heavy atom. The van der Waals surface area contributed by atoms with Gasteiger partial charge in [0.1, 0.15) is 37.5 Å². The van der Waals surface area contributed by atoms with E-state index in [1.807, 2.05) is 45.0 Å². The maximum atomic E-state index is 14.5. The van der Waals surface area contributed by atoms with Crippen LogP contribution in [0, 0.1) is 0 Å². The van der Waals surface area contributed by atoms with Gasteiger partial charge in [-0.1, -0.05) is 61.2 Å². The summed E-state index contributed by atoms with van der Waals surface area (Å²) in [6, 6.07) is 14.3. The second-order valence-corrected chi connectivity index (χ2v) is 13.6. The summed E-state index contributed by atoms with van der Waals surface area (Å²) in [5.74, 6) is -2.05. The Balaban J connectivity index is 1.25. The summed E-state index contributed by atoms with van der Waals surface area (Å²) in [6.07, 6.45) is -0.554. The van der Waals surface area contributed by atoms with Crippen molar-refractivity contribution in [2.24, 2.45) is 0 Å². The van der Waals surface area contributed by atoms with E-state index in [0.717, 1.165) is 22.3 Å². The molecular weight excluding hydrogens is 576 g/mol. The maximum Gasteiger partial charge on any atom is 0.410 e. The molecule has 0 spiro atoms. The van der Waals surface area contributed by atoms with Gasteiger partial charge >= 0.3 is 12.1 Å². The van der Waals surface area contributed by atoms with Crippen LogP contribution in [0.25, 0.3) is 11.1 Å². The van der Waals surface area contributed by atoms with Gasteiger partial charge in [-0.3, -0.25) is 9.69 Å². The molecule has 0 saturated carbocycles. The molecule has 4 aliphatic rings. The van der Waals surface area contributed by atoms with Crippen molar-refractivity contribution in [1.29, 1.82) is 0 Å². The molecular formula is C35H42N2O8. The maximum absolute atomic E-state index is 14.5. The highest BCUT2D eigenvalue weighted by Gasteiger charge is 2.59. The van der Waals surface area contributed by atoms with Crippen molar-refractivity contribution >= 4 is 18.0 Å². The van der Waals surface area contributed by atoms with Gasteiger partial charge in [0, 0.05) is 18.9 Å². The molecule has 10 nitrogen and oxygen atoms in total. The quantitative estimate of drug-likeness (QED) is 0.326. The van der Waals surface area contributed by atoms with Crippen LogP contribution in [0.4, 0.5) is 4.79 Å². The van der Waals surface area contributed by atoms with Crippen molar-refractivity contribution in [2.45, 2.75) is 88.7 Å². The zero-order valence-corrected chi connectivity index (χ0v) is 26.6. The lowest BCUT2D eigenvalue weighted by Crippen LogP contribution is -2.55. The number of carbonyl (C=O) groups excluding carboxylic acids is 3. The summed E-state index contributed by atoms with van der Waals surface area (Å²) in [5, 5.41) is 0. The molecule has 240 valence electrons. The highest BCUT2D eigenvalue weighted by Crippen LogP contribution is 2.45. The molecule has 3 heterocycles. The standard InChI is InChI=1S/C35H42N2O8/c1-7-16-41-32(39)27-17-21(43-34(2,3)4)18-36(27)31(38)29-30-28(44-35(5,6)45-30)19-37(29)33(40)42-20-26-24-14-10-8-12-22(24)23-13-9-11-15-25(23)26/h7-15,21,26-30H,1,16-20H2,2-6H3/t21-,27+,28+,29+,30+/m1/s1. The van der Waals surface area contributed by atoms with Crippen LogP contribution in [0.3, 0.4) is 0 Å². The van der Waals surface area contributed by atoms with E-state index >= 15 is 0 Å². The Bertz CT molecular complexity index is 1440. The van der Waals surface area contributed by atoms with E-state index in [-0.39, 0.29) is 38.6 Å². The normalized spacial score (nSPS) is 26.7. The van der Waals surface area contributed by atoms with Crippen LogP contribution in [-0.2, 0) is 33.3 Å². The minimum absolute atomic E-state index is 0.0211. The van der Waals surface area contributed by atoms with Crippen LogP contribution in [0.15, 0.2) is 61.2 Å². The lowest BCUT2D eigenvalue weighted by Gasteiger charge is -2.33. The Hall–Kier alpha value is -3.73. The first-order chi connectivity index (χ1) is 21.4. The SMILES string of the molecule is C=CCOC(=O)[C@@H]1C[C@@H](OC(C)(C)C)CN1C(=O)[C@@H]1[C@H]2OC(C)(C)O[C@H]2CN1C(=O)OCC1c2ccccc2-c2ccccc21. The van der Waals surface area contributed by atoms with E-state index in [0.29, 0.717) is 0 Å². The first-order valence-electron chi connectivity index (χ1n) is 15.6. The Morgan fingerprint density at radius 3 is 2.22 bits per heavy atom. The van der Waals surface area contributed by atoms with Gasteiger partial charge in [0.05, 0.1) is 18.2 Å². The predicted octanol–water partition coefficient (Wildman–Crippen LogP) is 4.65. The molecule has 2 aromatic rings. The fraction of sp³-hybridized carbons (Fsp3) is 0.514. The fourth-order valence-electron chi connectivity index (χ4n) is 7.15. The Labute approximate surface area is 264 Å². The highest BCUT2D eigenvalue weighted by atomic mass is 16.8. The summed E-state index contributed by atoms with van der Waals surface area (Å²) >= 11 is 0. The number of carbonyl (C=O) groups is 3. The molecule has 3 saturated heterocycles. The summed E-state index contributed by atoms with van der Waals surface area (Å²) in [5.41, 5.74) is 3.94. The molecule has 5 atom stereocenters. The van der Waals surface area contributed by atoms with E-state index in [2.05, 4.69) is 30.8 Å². The van der Waals surface area contributed by atoms with Gasteiger partial charge in [0.2, 0.25) is 5.91 Å². The molecule has 0 radical (unpaired) electrons. The van der Waals surface area contributed by atoms with Gasteiger partial charge in [-0.25, -0.2) is 9.59 Å². The number of fused-ring (bicyclic) bond motifs is 4. The minimum Gasteiger partial charge on any atom is -0.460 e. The number of esters is 1. The van der Waals surface area contributed by atoms with Crippen molar-refractivity contribution in [3.8, 4) is 11.1 Å². The first-order valence-corrected chi connectivity index (χ1v) is 15.6. The molecule has 1 aliphatic carbocycles. The number of likely N-dealkylation sites (tertiary alicyclic amines) is 2. The molecule has 3 fully saturated rings. The van der Waals surface area contributed by atoms with Crippen LogP contribution in [0.1, 0.15) is 58.1 Å². The van der Waals surface area contributed by atoms with Crippen LogP contribution in [0.2, 0.25) is 0 Å². The minimum atomic E-state index is -1.06. The smallest absolute Gasteiger partial charge is 0.410 e. The molecule has 0 aromatic heterocycles. The number of hydrogen-bond acceptors (Lipinski definition) is 8. The summed E-state index contributed by atoms with van der Waals surface area (Å²) in [7, 11) is 0. The number of hydrogen-bond donors (Lipinski definition) is 0. The molecule has 2 amide bonds. The van der Waals surface area contributed by atoms with Crippen molar-refractivity contribution in [3.63, 3.8) is 0 Å². The molecule has 10 heteroatoms. The first kappa shape index (κ1) is 31.3. The van der Waals surface area contributed by atoms with Gasteiger partial charge in [0.15, 0.2) is 5.79 Å². The largest absolute Gasteiger partial charge is 0.460 e. The van der Waals surface area contributed by atoms with Crippen LogP contribution in [0.5, 0.6) is 0 Å². The Kier molecular flexibility index (Phi) is 8.26. The van der Waals surface area contributed by atoms with Gasteiger partial charge in [-0.2, -0.15) is 0 Å². The topological polar surface area (TPSA) is 104 Å². The van der Waals surface area contributed by atoms with Gasteiger partial charge < -0.3 is 28.6 Å². The number of ether oxygens (including phenoxy) is 5. The van der Waals surface area contributed by atoms with E-state index in [1.54, 1.807) is 13.8 Å². The van der Waals surface area contributed by atoms with E-state index in [4.69, 9.17) is 23.7 Å². The molecule has 0 unspecified atom stereocenters. The Morgan fingerprint density at radius 1 is 0.956 bits per heavy atom. The van der Waals surface area contributed by atoms with E-state index < -0.39 is 59.8 Å². The molecule has 0 bridgehead atoms. The van der Waals surface area contributed by atoms with Gasteiger partial charge in [0.25, 0.3) is 0 Å². The third kappa shape index (κ3) is 6.11. The third-order valence-electron chi connectivity index (χ3n) is 8.75. The molecule has 0 N–H and O–H groups in total. The monoisotopic (exact) mass is 618 g/mol. The van der Waals surface area contributed by atoms with Crippen molar-refractivity contribution in [2.75, 3.05) is 26.3 Å². The second kappa shape index (κ2) is 11.9. The van der Waals surface area contributed by atoms with Crippen molar-refractivity contribution in [3.05, 3.63) is 72.3 Å². The molecule has 6 rings (SSSR count). The van der Waals surface area contributed by atoms with E-state index in [1.165, 1.54) is 15.9 Å². The average molecular weight is 619 g/mol. The zero-order chi connectivity index (χ0) is 32.1.